The molecule has 0 aliphatic carbocycles. The molecule has 2 aromatic rings. The number of carbonyl (C=O) groups excluding carboxylic acids is 2. The van der Waals surface area contributed by atoms with Crippen LogP contribution in [0.4, 0.5) is 5.69 Å². The predicted molar refractivity (Wildman–Crippen MR) is 97.0 cm³/mol. The molecule has 0 saturated carbocycles. The Morgan fingerprint density at radius 2 is 1.77 bits per heavy atom. The van der Waals surface area contributed by atoms with Crippen LogP contribution in [0.3, 0.4) is 0 Å². The first-order chi connectivity index (χ1) is 12.3. The van der Waals surface area contributed by atoms with Crippen molar-refractivity contribution in [2.75, 3.05) is 5.32 Å². The lowest BCUT2D eigenvalue weighted by Crippen LogP contribution is -2.34. The van der Waals surface area contributed by atoms with Crippen LogP contribution in [0.15, 0.2) is 36.7 Å². The van der Waals surface area contributed by atoms with Gasteiger partial charge in [0.15, 0.2) is 5.82 Å². The number of ketones is 1. The minimum atomic E-state index is -1.06. The molecular formula is C19H23N3O4. The molecule has 0 unspecified atom stereocenters. The summed E-state index contributed by atoms with van der Waals surface area (Å²) in [5.41, 5.74) is -0.0877. The van der Waals surface area contributed by atoms with E-state index >= 15 is 0 Å². The van der Waals surface area contributed by atoms with Crippen molar-refractivity contribution in [3.05, 3.63) is 48.0 Å². The Hall–Kier alpha value is -2.96. The monoisotopic (exact) mass is 357 g/mol. The number of aliphatic carboxylic acids is 1. The van der Waals surface area contributed by atoms with E-state index in [1.165, 1.54) is 0 Å². The van der Waals surface area contributed by atoms with E-state index in [1.807, 2.05) is 0 Å². The van der Waals surface area contributed by atoms with E-state index in [4.69, 9.17) is 0 Å². The first kappa shape index (κ1) is 19.4. The number of carbonyl (C=O) groups is 3. The van der Waals surface area contributed by atoms with Gasteiger partial charge in [0.05, 0.1) is 5.41 Å². The van der Waals surface area contributed by atoms with E-state index in [1.54, 1.807) is 62.1 Å². The summed E-state index contributed by atoms with van der Waals surface area (Å²) in [6.45, 7) is 3.53. The fourth-order valence-electron chi connectivity index (χ4n) is 2.81. The number of carboxylic acid groups (broad SMARTS) is 1. The van der Waals surface area contributed by atoms with Gasteiger partial charge in [-0.15, -0.1) is 0 Å². The predicted octanol–water partition coefficient (Wildman–Crippen LogP) is 2.87. The molecule has 0 fully saturated rings. The molecule has 2 rings (SSSR count). The van der Waals surface area contributed by atoms with Gasteiger partial charge in [0.1, 0.15) is 0 Å². The lowest BCUT2D eigenvalue weighted by molar-refractivity contribution is -0.151. The van der Waals surface area contributed by atoms with Gasteiger partial charge in [-0.05, 0) is 37.1 Å². The average Bonchev–Trinajstić information content (AvgIpc) is 3.05. The van der Waals surface area contributed by atoms with Crippen LogP contribution in [-0.2, 0) is 16.6 Å². The number of nitrogens with one attached hydrogen (secondary N) is 1. The third kappa shape index (κ3) is 3.99. The number of hydrogen-bond donors (Lipinski definition) is 2. The molecule has 0 aliphatic rings. The van der Waals surface area contributed by atoms with Crippen molar-refractivity contribution in [2.24, 2.45) is 12.5 Å². The van der Waals surface area contributed by atoms with Crippen LogP contribution in [-0.4, -0.2) is 32.3 Å². The van der Waals surface area contributed by atoms with Crippen molar-refractivity contribution in [1.29, 1.82) is 0 Å². The van der Waals surface area contributed by atoms with Gasteiger partial charge in [-0.3, -0.25) is 14.4 Å². The standard InChI is InChI=1S/C19H23N3O4/c1-4-19(5-2,18(25)26)12-15(23)21-14-8-6-13(7-9-14)16(24)17-20-10-11-22(17)3/h6-11H,4-5,12H2,1-3H3,(H,21,23)(H,25,26). The summed E-state index contributed by atoms with van der Waals surface area (Å²) in [6.07, 6.45) is 3.91. The minimum Gasteiger partial charge on any atom is -0.481 e. The topological polar surface area (TPSA) is 101 Å². The average molecular weight is 357 g/mol. The van der Waals surface area contributed by atoms with E-state index in [-0.39, 0.29) is 18.1 Å². The summed E-state index contributed by atoms with van der Waals surface area (Å²) in [6, 6.07) is 6.45. The van der Waals surface area contributed by atoms with Crippen LogP contribution in [0.1, 0.15) is 49.3 Å². The zero-order chi connectivity index (χ0) is 19.3. The number of aryl methyl sites for hydroxylation is 1. The van der Waals surface area contributed by atoms with Crippen molar-refractivity contribution in [2.45, 2.75) is 33.1 Å². The Labute approximate surface area is 152 Å². The molecule has 1 aromatic heterocycles. The van der Waals surface area contributed by atoms with Gasteiger partial charge in [0.25, 0.3) is 0 Å². The highest BCUT2D eigenvalue weighted by Gasteiger charge is 2.37. The molecular weight excluding hydrogens is 334 g/mol. The van der Waals surface area contributed by atoms with Crippen LogP contribution < -0.4 is 5.32 Å². The van der Waals surface area contributed by atoms with Crippen LogP contribution in [0, 0.1) is 5.41 Å². The van der Waals surface area contributed by atoms with Gasteiger partial charge in [-0.25, -0.2) is 4.98 Å². The highest BCUT2D eigenvalue weighted by atomic mass is 16.4. The van der Waals surface area contributed by atoms with Crippen molar-refractivity contribution in [3.63, 3.8) is 0 Å². The first-order valence-electron chi connectivity index (χ1n) is 8.48. The molecule has 0 saturated heterocycles. The van der Waals surface area contributed by atoms with Crippen LogP contribution >= 0.6 is 0 Å². The van der Waals surface area contributed by atoms with Gasteiger partial charge >= 0.3 is 5.97 Å². The number of anilines is 1. The SMILES string of the molecule is CCC(CC)(CC(=O)Nc1ccc(C(=O)c2nccn2C)cc1)C(=O)O. The smallest absolute Gasteiger partial charge is 0.310 e. The van der Waals surface area contributed by atoms with E-state index in [0.29, 0.717) is 29.9 Å². The fourth-order valence-corrected chi connectivity index (χ4v) is 2.81. The second-order valence-electron chi connectivity index (χ2n) is 6.29. The van der Waals surface area contributed by atoms with Crippen LogP contribution in [0.5, 0.6) is 0 Å². The molecule has 1 aromatic carbocycles. The summed E-state index contributed by atoms with van der Waals surface area (Å²) in [7, 11) is 1.74. The van der Waals surface area contributed by atoms with Crippen LogP contribution in [0.25, 0.3) is 0 Å². The Kier molecular flexibility index (Phi) is 5.92. The van der Waals surface area contributed by atoms with Gasteiger partial charge in [0.2, 0.25) is 11.7 Å². The van der Waals surface area contributed by atoms with Gasteiger partial charge in [-0.1, -0.05) is 13.8 Å². The maximum absolute atomic E-state index is 12.4. The molecule has 0 spiro atoms. The summed E-state index contributed by atoms with van der Waals surface area (Å²) in [5.74, 6) is -1.20. The molecule has 0 bridgehead atoms. The molecule has 26 heavy (non-hydrogen) atoms. The maximum Gasteiger partial charge on any atom is 0.310 e. The molecule has 138 valence electrons. The maximum atomic E-state index is 12.4. The third-order valence-corrected chi connectivity index (χ3v) is 4.76. The molecule has 0 aliphatic heterocycles. The highest BCUT2D eigenvalue weighted by molar-refractivity contribution is 6.07. The number of imidazole rings is 1. The minimum absolute atomic E-state index is 0.0940. The molecule has 1 heterocycles. The van der Waals surface area contributed by atoms with E-state index in [2.05, 4.69) is 10.3 Å². The number of benzene rings is 1. The molecule has 2 N–H and O–H groups in total. The summed E-state index contributed by atoms with van der Waals surface area (Å²) < 4.78 is 1.64. The fraction of sp³-hybridized carbons (Fsp3) is 0.368. The zero-order valence-electron chi connectivity index (χ0n) is 15.2. The largest absolute Gasteiger partial charge is 0.481 e. The second kappa shape index (κ2) is 7.95. The van der Waals surface area contributed by atoms with E-state index in [9.17, 15) is 19.5 Å². The van der Waals surface area contributed by atoms with Gasteiger partial charge in [0, 0.05) is 37.1 Å². The molecule has 1 amide bonds. The number of carboxylic acids is 1. The molecule has 7 heteroatoms. The van der Waals surface area contributed by atoms with Crippen molar-refractivity contribution in [1.82, 2.24) is 9.55 Å². The highest BCUT2D eigenvalue weighted by Crippen LogP contribution is 2.31. The summed E-state index contributed by atoms with van der Waals surface area (Å²) >= 11 is 0. The number of aromatic nitrogens is 2. The molecule has 0 atom stereocenters. The van der Waals surface area contributed by atoms with E-state index < -0.39 is 11.4 Å². The van der Waals surface area contributed by atoms with Crippen molar-refractivity contribution >= 4 is 23.3 Å². The van der Waals surface area contributed by atoms with Crippen molar-refractivity contribution < 1.29 is 19.5 Å². The van der Waals surface area contributed by atoms with Crippen molar-refractivity contribution in [3.8, 4) is 0 Å². The quantitative estimate of drug-likeness (QED) is 0.708. The van der Waals surface area contributed by atoms with E-state index in [0.717, 1.165) is 0 Å². The second-order valence-corrected chi connectivity index (χ2v) is 6.29. The van der Waals surface area contributed by atoms with Gasteiger partial charge in [-0.2, -0.15) is 0 Å². The lowest BCUT2D eigenvalue weighted by Gasteiger charge is -2.25. The number of amides is 1. The Morgan fingerprint density at radius 3 is 2.23 bits per heavy atom. The number of hydrogen-bond acceptors (Lipinski definition) is 4. The molecule has 7 nitrogen and oxygen atoms in total. The molecule has 0 radical (unpaired) electrons. The summed E-state index contributed by atoms with van der Waals surface area (Å²) in [4.78, 5) is 40.1. The zero-order valence-corrected chi connectivity index (χ0v) is 15.2. The normalized spacial score (nSPS) is 11.2. The lowest BCUT2D eigenvalue weighted by atomic mass is 9.79. The Balaban J connectivity index is 2.07. The number of nitrogens with zero attached hydrogens (tertiary/aromatic N) is 2. The third-order valence-electron chi connectivity index (χ3n) is 4.76. The van der Waals surface area contributed by atoms with Crippen LogP contribution in [0.2, 0.25) is 0 Å². The summed E-state index contributed by atoms with van der Waals surface area (Å²) in [5, 5.41) is 12.1. The first-order valence-corrected chi connectivity index (χ1v) is 8.48. The van der Waals surface area contributed by atoms with Gasteiger partial charge < -0.3 is 15.0 Å². The number of rotatable bonds is 8. The Morgan fingerprint density at radius 1 is 1.15 bits per heavy atom. The Bertz CT molecular complexity index is 804.